The lowest BCUT2D eigenvalue weighted by molar-refractivity contribution is -0.115. The van der Waals surface area contributed by atoms with Crippen molar-refractivity contribution < 1.29 is 23.6 Å². The average molecular weight is 522 g/mol. The number of ether oxygens (including phenoxy) is 2. The Morgan fingerprint density at radius 3 is 2.59 bits per heavy atom. The Hall–Kier alpha value is -4.43. The minimum atomic E-state index is -0.473. The number of hydrogen-bond acceptors (Lipinski definition) is 9. The Bertz CT molecular complexity index is 1410. The molecule has 2 N–H and O–H groups in total. The third kappa shape index (κ3) is 6.83. The molecular weight excluding hydrogens is 494 g/mol. The summed E-state index contributed by atoms with van der Waals surface area (Å²) in [5.74, 6) is 2.25. The summed E-state index contributed by atoms with van der Waals surface area (Å²) in [4.78, 5) is 23.7. The molecule has 0 spiro atoms. The zero-order chi connectivity index (χ0) is 26.8. The van der Waals surface area contributed by atoms with Crippen LogP contribution in [0.1, 0.15) is 35.3 Å². The van der Waals surface area contributed by atoms with E-state index in [4.69, 9.17) is 20.4 Å². The van der Waals surface area contributed by atoms with Gasteiger partial charge >= 0.3 is 5.97 Å². The summed E-state index contributed by atoms with van der Waals surface area (Å²) in [5, 5.41) is 11.8. The van der Waals surface area contributed by atoms with Gasteiger partial charge in [0.2, 0.25) is 0 Å². The quantitative estimate of drug-likeness (QED) is 0.189. The minimum absolute atomic E-state index is 0.297. The third-order valence-electron chi connectivity index (χ3n) is 4.97. The van der Waals surface area contributed by atoms with Gasteiger partial charge in [-0.1, -0.05) is 19.0 Å². The highest BCUT2D eigenvalue weighted by atomic mass is 32.2. The van der Waals surface area contributed by atoms with E-state index in [-0.39, 0.29) is 5.97 Å². The van der Waals surface area contributed by atoms with Crippen LogP contribution in [0.15, 0.2) is 58.2 Å². The lowest BCUT2D eigenvalue weighted by Crippen LogP contribution is -2.20. The highest BCUT2D eigenvalue weighted by Crippen LogP contribution is 2.35. The number of nitrogens with zero attached hydrogens (tertiary/aromatic N) is 3. The zero-order valence-corrected chi connectivity index (χ0v) is 21.7. The van der Waals surface area contributed by atoms with Crippen molar-refractivity contribution in [3.8, 4) is 18.1 Å². The normalized spacial score (nSPS) is 10.1. The van der Waals surface area contributed by atoms with Crippen molar-refractivity contribution in [2.45, 2.75) is 31.8 Å². The van der Waals surface area contributed by atoms with Gasteiger partial charge in [0.05, 0.1) is 32.5 Å². The van der Waals surface area contributed by atoms with Gasteiger partial charge in [0.25, 0.3) is 5.91 Å². The van der Waals surface area contributed by atoms with E-state index in [9.17, 15) is 9.59 Å². The molecule has 2 heterocycles. The Morgan fingerprint density at radius 1 is 1.16 bits per heavy atom. The molecule has 0 saturated carbocycles. The van der Waals surface area contributed by atoms with E-state index in [1.54, 1.807) is 42.3 Å². The van der Waals surface area contributed by atoms with Gasteiger partial charge < -0.3 is 24.0 Å². The third-order valence-corrected chi connectivity index (χ3v) is 5.78. The second-order valence-electron chi connectivity index (χ2n) is 7.30. The number of esters is 1. The number of anilines is 1. The topological polar surface area (TPSA) is 121 Å². The minimum Gasteiger partial charge on any atom is -0.496 e. The van der Waals surface area contributed by atoms with Crippen LogP contribution in [-0.2, 0) is 22.6 Å². The predicted octanol–water partition coefficient (Wildman–Crippen LogP) is 4.26. The van der Waals surface area contributed by atoms with Crippen molar-refractivity contribution in [1.82, 2.24) is 20.3 Å². The molecule has 0 bridgehead atoms. The Labute approximate surface area is 218 Å². The summed E-state index contributed by atoms with van der Waals surface area (Å²) < 4.78 is 20.8. The lowest BCUT2D eigenvalue weighted by Gasteiger charge is -2.08. The Morgan fingerprint density at radius 2 is 1.92 bits per heavy atom. The molecule has 11 heteroatoms. The average Bonchev–Trinajstić information content (AvgIpc) is 3.57. The van der Waals surface area contributed by atoms with E-state index in [1.165, 1.54) is 19.1 Å². The van der Waals surface area contributed by atoms with Crippen molar-refractivity contribution in [3.05, 3.63) is 65.5 Å². The number of rotatable bonds is 9. The second kappa shape index (κ2) is 13.0. The summed E-state index contributed by atoms with van der Waals surface area (Å²) >= 11 is 1.32. The smallest absolute Gasteiger partial charge is 0.337 e. The number of terminal acetylenes is 1. The maximum atomic E-state index is 11.6. The molecule has 0 unspecified atom stereocenters. The molecule has 0 radical (unpaired) electrons. The maximum absolute atomic E-state index is 11.6. The number of benzene rings is 2. The van der Waals surface area contributed by atoms with Gasteiger partial charge in [0.1, 0.15) is 11.1 Å². The van der Waals surface area contributed by atoms with Crippen molar-refractivity contribution in [2.75, 3.05) is 18.9 Å². The van der Waals surface area contributed by atoms with Gasteiger partial charge in [-0.05, 0) is 59.8 Å². The first-order valence-corrected chi connectivity index (χ1v) is 12.2. The summed E-state index contributed by atoms with van der Waals surface area (Å²) in [5.41, 5.74) is 2.74. The number of carbonyl (C=O) groups is 2. The number of carbonyl (C=O) groups excluding carboxylic acids is 2. The van der Waals surface area contributed by atoms with Crippen LogP contribution in [0.5, 0.6) is 5.75 Å². The molecule has 0 saturated heterocycles. The van der Waals surface area contributed by atoms with E-state index in [0.29, 0.717) is 41.2 Å². The van der Waals surface area contributed by atoms with Crippen molar-refractivity contribution in [1.29, 1.82) is 0 Å². The van der Waals surface area contributed by atoms with Crippen LogP contribution < -0.4 is 14.8 Å². The fraction of sp³-hybridized carbons (Fsp3) is 0.231. The predicted molar refractivity (Wildman–Crippen MR) is 141 cm³/mol. The van der Waals surface area contributed by atoms with Crippen LogP contribution >= 0.6 is 11.9 Å². The molecular formula is C26H27N5O5S. The van der Waals surface area contributed by atoms with Gasteiger partial charge in [-0.2, -0.15) is 5.10 Å². The number of amides is 1. The summed E-state index contributed by atoms with van der Waals surface area (Å²) in [6, 6.07) is 10.7. The fourth-order valence-corrected chi connectivity index (χ4v) is 3.93. The molecule has 192 valence electrons. The van der Waals surface area contributed by atoms with Gasteiger partial charge in [-0.25, -0.2) is 4.79 Å². The van der Waals surface area contributed by atoms with Gasteiger partial charge in [0.15, 0.2) is 11.4 Å². The van der Waals surface area contributed by atoms with Crippen molar-refractivity contribution >= 4 is 40.6 Å². The van der Waals surface area contributed by atoms with Crippen LogP contribution in [0.2, 0.25) is 0 Å². The highest BCUT2D eigenvalue weighted by Gasteiger charge is 2.16. The molecule has 0 aliphatic heterocycles. The largest absolute Gasteiger partial charge is 0.496 e. The number of nitrogens with one attached hydrogen (secondary N) is 2. The molecule has 0 aliphatic carbocycles. The number of hydrogen-bond donors (Lipinski definition) is 2. The van der Waals surface area contributed by atoms with Gasteiger partial charge in [-0.15, -0.1) is 6.42 Å². The standard InChI is InChI=1S/C24H21N5O5S.C2H6/c1-4-21(30)25-11-16-12-26-29(14-16)13-15-9-19(32-2)22-20(10-15)34-27-23(22)28-35-18-7-5-17(6-8-18)24(31)33-3;1-2/h1,5-10,12,14H,11,13H2,2-3H3,(H,25,30)(H,27,28);1-2H3. The van der Waals surface area contributed by atoms with Crippen LogP contribution in [0.3, 0.4) is 0 Å². The van der Waals surface area contributed by atoms with Crippen LogP contribution in [0.25, 0.3) is 11.0 Å². The molecule has 2 aromatic carbocycles. The van der Waals surface area contributed by atoms with Crippen LogP contribution in [-0.4, -0.2) is 41.0 Å². The van der Waals surface area contributed by atoms with E-state index in [0.717, 1.165) is 16.0 Å². The van der Waals surface area contributed by atoms with E-state index < -0.39 is 5.91 Å². The molecule has 1 amide bonds. The summed E-state index contributed by atoms with van der Waals surface area (Å²) in [6.45, 7) is 4.76. The highest BCUT2D eigenvalue weighted by molar-refractivity contribution is 8.00. The molecule has 0 atom stereocenters. The molecule has 10 nitrogen and oxygen atoms in total. The lowest BCUT2D eigenvalue weighted by atomic mass is 10.1. The van der Waals surface area contributed by atoms with Crippen molar-refractivity contribution in [3.63, 3.8) is 0 Å². The van der Waals surface area contributed by atoms with E-state index in [1.807, 2.05) is 38.1 Å². The fourth-order valence-electron chi connectivity index (χ4n) is 3.30. The first-order chi connectivity index (χ1) is 18.0. The molecule has 0 aliphatic rings. The van der Waals surface area contributed by atoms with E-state index >= 15 is 0 Å². The van der Waals surface area contributed by atoms with E-state index in [2.05, 4.69) is 20.3 Å². The first kappa shape index (κ1) is 27.2. The monoisotopic (exact) mass is 521 g/mol. The zero-order valence-electron chi connectivity index (χ0n) is 20.9. The Balaban J connectivity index is 0.00000186. The summed E-state index contributed by atoms with van der Waals surface area (Å²) in [7, 11) is 2.92. The maximum Gasteiger partial charge on any atom is 0.337 e. The molecule has 4 rings (SSSR count). The number of aromatic nitrogens is 3. The molecule has 4 aromatic rings. The molecule has 37 heavy (non-hydrogen) atoms. The first-order valence-electron chi connectivity index (χ1n) is 11.3. The second-order valence-corrected chi connectivity index (χ2v) is 8.18. The SMILES string of the molecule is C#CC(=O)NCc1cnn(Cc2cc(OC)c3c(NSc4ccc(C(=O)OC)cc4)noc3c2)c1.CC. The van der Waals surface area contributed by atoms with Gasteiger partial charge in [-0.3, -0.25) is 9.48 Å². The molecule has 0 fully saturated rings. The van der Waals surface area contributed by atoms with Crippen LogP contribution in [0.4, 0.5) is 5.82 Å². The molecule has 2 aromatic heterocycles. The Kier molecular flexibility index (Phi) is 9.57. The number of methoxy groups -OCH3 is 2. The van der Waals surface area contributed by atoms with Gasteiger partial charge in [0, 0.05) is 23.2 Å². The van der Waals surface area contributed by atoms with Crippen LogP contribution in [0, 0.1) is 12.3 Å². The summed E-state index contributed by atoms with van der Waals surface area (Å²) in [6.07, 6.45) is 8.54. The number of fused-ring (bicyclic) bond motifs is 1. The van der Waals surface area contributed by atoms with Crippen molar-refractivity contribution in [2.24, 2.45) is 0 Å².